The molecule has 0 unspecified atom stereocenters. The van der Waals surface area contributed by atoms with Crippen molar-refractivity contribution in [3.63, 3.8) is 0 Å². The lowest BCUT2D eigenvalue weighted by Crippen LogP contribution is -2.18. The number of rotatable bonds is 2. The van der Waals surface area contributed by atoms with Gasteiger partial charge in [0, 0.05) is 11.6 Å². The van der Waals surface area contributed by atoms with E-state index in [0.29, 0.717) is 15.9 Å². The molecule has 0 amide bonds. The molecule has 94 valence electrons. The van der Waals surface area contributed by atoms with E-state index in [2.05, 4.69) is 4.98 Å². The molecule has 1 aromatic carbocycles. The second kappa shape index (κ2) is 5.00. The lowest BCUT2D eigenvalue weighted by molar-refractivity contribution is 0.0524. The number of aromatic amines is 1. The van der Waals surface area contributed by atoms with Gasteiger partial charge in [-0.15, -0.1) is 0 Å². The van der Waals surface area contributed by atoms with Crippen LogP contribution in [0.25, 0.3) is 10.9 Å². The van der Waals surface area contributed by atoms with Gasteiger partial charge in [0.1, 0.15) is 5.56 Å². The largest absolute Gasteiger partial charge is 0.462 e. The molecular weight excluding hydrogens is 277 g/mol. The van der Waals surface area contributed by atoms with E-state index in [4.69, 9.17) is 27.9 Å². The van der Waals surface area contributed by atoms with Crippen LogP contribution in [0.4, 0.5) is 0 Å². The number of halogens is 2. The lowest BCUT2D eigenvalue weighted by Gasteiger charge is -2.04. The monoisotopic (exact) mass is 285 g/mol. The molecular formula is C12H9Cl2NO3. The minimum absolute atomic E-state index is 0.0530. The summed E-state index contributed by atoms with van der Waals surface area (Å²) >= 11 is 11.7. The van der Waals surface area contributed by atoms with Crippen LogP contribution in [0, 0.1) is 0 Å². The summed E-state index contributed by atoms with van der Waals surface area (Å²) in [6.45, 7) is 1.88. The second-order valence-electron chi connectivity index (χ2n) is 3.56. The summed E-state index contributed by atoms with van der Waals surface area (Å²) in [5.74, 6) is -0.660. The molecule has 1 heterocycles. The third kappa shape index (κ3) is 2.21. The summed E-state index contributed by atoms with van der Waals surface area (Å²) in [5.41, 5.74) is 0.0333. The molecule has 4 nitrogen and oxygen atoms in total. The SMILES string of the molecule is CCOC(=O)c1c[nH]c2cc(Cl)c(Cl)cc2c1=O. The predicted molar refractivity (Wildman–Crippen MR) is 70.5 cm³/mol. The Kier molecular flexibility index (Phi) is 3.59. The van der Waals surface area contributed by atoms with Crippen LogP contribution in [-0.2, 0) is 4.74 Å². The van der Waals surface area contributed by atoms with Crippen molar-refractivity contribution in [2.24, 2.45) is 0 Å². The number of benzene rings is 1. The number of H-pyrrole nitrogens is 1. The van der Waals surface area contributed by atoms with Gasteiger partial charge in [-0.2, -0.15) is 0 Å². The highest BCUT2D eigenvalue weighted by Gasteiger charge is 2.14. The molecule has 0 saturated carbocycles. The van der Waals surface area contributed by atoms with E-state index in [0.717, 1.165) is 0 Å². The van der Waals surface area contributed by atoms with Crippen LogP contribution < -0.4 is 5.43 Å². The van der Waals surface area contributed by atoms with Gasteiger partial charge in [0.2, 0.25) is 5.43 Å². The highest BCUT2D eigenvalue weighted by atomic mass is 35.5. The molecule has 1 aromatic heterocycles. The lowest BCUT2D eigenvalue weighted by atomic mass is 10.1. The summed E-state index contributed by atoms with van der Waals surface area (Å²) in [5, 5.41) is 0.898. The fourth-order valence-electron chi connectivity index (χ4n) is 1.58. The van der Waals surface area contributed by atoms with Gasteiger partial charge < -0.3 is 9.72 Å². The maximum absolute atomic E-state index is 12.1. The van der Waals surface area contributed by atoms with Gasteiger partial charge in [0.05, 0.1) is 22.2 Å². The number of carbonyl (C=O) groups excluding carboxylic acids is 1. The third-order valence-electron chi connectivity index (χ3n) is 2.42. The van der Waals surface area contributed by atoms with Crippen LogP contribution in [0.2, 0.25) is 10.0 Å². The maximum atomic E-state index is 12.1. The van der Waals surface area contributed by atoms with Gasteiger partial charge in [-0.3, -0.25) is 4.79 Å². The molecule has 0 saturated heterocycles. The number of nitrogens with one attached hydrogen (secondary N) is 1. The van der Waals surface area contributed by atoms with Crippen molar-refractivity contribution in [2.75, 3.05) is 6.61 Å². The van der Waals surface area contributed by atoms with Gasteiger partial charge in [-0.1, -0.05) is 23.2 Å². The maximum Gasteiger partial charge on any atom is 0.343 e. The third-order valence-corrected chi connectivity index (χ3v) is 3.14. The summed E-state index contributed by atoms with van der Waals surface area (Å²) in [6.07, 6.45) is 1.31. The van der Waals surface area contributed by atoms with E-state index in [1.165, 1.54) is 18.3 Å². The fraction of sp³-hybridized carbons (Fsp3) is 0.167. The Labute approximate surface area is 112 Å². The molecule has 0 fully saturated rings. The van der Waals surface area contributed by atoms with E-state index >= 15 is 0 Å². The van der Waals surface area contributed by atoms with Crippen molar-refractivity contribution in [2.45, 2.75) is 6.92 Å². The Bertz CT molecular complexity index is 679. The molecule has 0 atom stereocenters. The minimum atomic E-state index is -0.660. The Morgan fingerprint density at radius 3 is 2.67 bits per heavy atom. The van der Waals surface area contributed by atoms with Crippen molar-refractivity contribution in [3.05, 3.63) is 44.2 Å². The first-order chi connectivity index (χ1) is 8.54. The molecule has 0 bridgehead atoms. The Balaban J connectivity index is 2.68. The second-order valence-corrected chi connectivity index (χ2v) is 4.38. The van der Waals surface area contributed by atoms with Crippen LogP contribution >= 0.6 is 23.2 Å². The summed E-state index contributed by atoms with van der Waals surface area (Å²) < 4.78 is 4.79. The molecule has 0 aliphatic heterocycles. The zero-order chi connectivity index (χ0) is 13.3. The highest BCUT2D eigenvalue weighted by molar-refractivity contribution is 6.42. The standard InChI is InChI=1S/C12H9Cl2NO3/c1-2-18-12(17)7-5-15-10-4-9(14)8(13)3-6(10)11(7)16/h3-5H,2H2,1H3,(H,15,16). The van der Waals surface area contributed by atoms with Crippen LogP contribution in [-0.4, -0.2) is 17.6 Å². The summed E-state index contributed by atoms with van der Waals surface area (Å²) in [7, 11) is 0. The number of carbonyl (C=O) groups is 1. The molecule has 2 rings (SSSR count). The number of hydrogen-bond donors (Lipinski definition) is 1. The van der Waals surface area contributed by atoms with Crippen LogP contribution in [0.15, 0.2) is 23.1 Å². The van der Waals surface area contributed by atoms with Gasteiger partial charge >= 0.3 is 5.97 Å². The summed E-state index contributed by atoms with van der Waals surface area (Å²) in [4.78, 5) is 26.5. The topological polar surface area (TPSA) is 59.2 Å². The van der Waals surface area contributed by atoms with E-state index in [1.807, 2.05) is 0 Å². The predicted octanol–water partition coefficient (Wildman–Crippen LogP) is 3.01. The first-order valence-electron chi connectivity index (χ1n) is 5.22. The van der Waals surface area contributed by atoms with Crippen molar-refractivity contribution in [3.8, 4) is 0 Å². The molecule has 18 heavy (non-hydrogen) atoms. The van der Waals surface area contributed by atoms with Crippen molar-refractivity contribution < 1.29 is 9.53 Å². The number of ether oxygens (including phenoxy) is 1. The normalized spacial score (nSPS) is 10.6. The minimum Gasteiger partial charge on any atom is -0.462 e. The smallest absolute Gasteiger partial charge is 0.343 e. The van der Waals surface area contributed by atoms with Crippen molar-refractivity contribution >= 4 is 40.1 Å². The number of esters is 1. The Hall–Kier alpha value is -1.52. The molecule has 1 N–H and O–H groups in total. The zero-order valence-electron chi connectivity index (χ0n) is 9.42. The van der Waals surface area contributed by atoms with Crippen molar-refractivity contribution in [1.82, 2.24) is 4.98 Å². The average molecular weight is 286 g/mol. The van der Waals surface area contributed by atoms with Crippen molar-refractivity contribution in [1.29, 1.82) is 0 Å². The molecule has 0 aliphatic carbocycles. The number of aromatic nitrogens is 1. The molecule has 0 aliphatic rings. The van der Waals surface area contributed by atoms with Gasteiger partial charge in [0.25, 0.3) is 0 Å². The highest BCUT2D eigenvalue weighted by Crippen LogP contribution is 2.25. The number of fused-ring (bicyclic) bond motifs is 1. The zero-order valence-corrected chi connectivity index (χ0v) is 10.9. The van der Waals surface area contributed by atoms with Gasteiger partial charge in [-0.25, -0.2) is 4.79 Å². The first kappa shape index (κ1) is 12.9. The molecule has 0 radical (unpaired) electrons. The Morgan fingerprint density at radius 2 is 2.00 bits per heavy atom. The molecule has 0 spiro atoms. The van der Waals surface area contributed by atoms with Gasteiger partial charge in [0.15, 0.2) is 0 Å². The van der Waals surface area contributed by atoms with E-state index < -0.39 is 11.4 Å². The van der Waals surface area contributed by atoms with Crippen LogP contribution in [0.5, 0.6) is 0 Å². The van der Waals surface area contributed by atoms with E-state index in [1.54, 1.807) is 6.92 Å². The Morgan fingerprint density at radius 1 is 1.33 bits per heavy atom. The molecule has 6 heteroatoms. The first-order valence-corrected chi connectivity index (χ1v) is 5.97. The van der Waals surface area contributed by atoms with Gasteiger partial charge in [-0.05, 0) is 19.1 Å². The molecule has 2 aromatic rings. The van der Waals surface area contributed by atoms with E-state index in [-0.39, 0.29) is 17.2 Å². The quantitative estimate of drug-likeness (QED) is 0.863. The van der Waals surface area contributed by atoms with E-state index in [9.17, 15) is 9.59 Å². The average Bonchev–Trinajstić information content (AvgIpc) is 2.32. The fourth-order valence-corrected chi connectivity index (χ4v) is 1.90. The van der Waals surface area contributed by atoms with Crippen LogP contribution in [0.1, 0.15) is 17.3 Å². The number of pyridine rings is 1. The van der Waals surface area contributed by atoms with Crippen LogP contribution in [0.3, 0.4) is 0 Å². The summed E-state index contributed by atoms with van der Waals surface area (Å²) in [6, 6.07) is 2.97. The number of hydrogen-bond acceptors (Lipinski definition) is 3.